The Morgan fingerprint density at radius 3 is 2.59 bits per heavy atom. The number of ether oxygens (including phenoxy) is 1. The molecule has 1 aromatic rings. The molecule has 3 nitrogen and oxygen atoms in total. The molecule has 2 aliphatic heterocycles. The fourth-order valence-corrected chi connectivity index (χ4v) is 4.09. The van der Waals surface area contributed by atoms with E-state index in [2.05, 4.69) is 11.0 Å². The highest BCUT2D eigenvalue weighted by molar-refractivity contribution is 6.31. The molecule has 2 heterocycles. The van der Waals surface area contributed by atoms with Crippen molar-refractivity contribution in [1.29, 1.82) is 0 Å². The van der Waals surface area contributed by atoms with E-state index in [9.17, 15) is 4.79 Å². The number of fused-ring (bicyclic) bond motifs is 2. The smallest absolute Gasteiger partial charge is 0.223 e. The Balaban J connectivity index is 1.59. The number of hydrogen-bond acceptors (Lipinski definition) is 2. The van der Waals surface area contributed by atoms with E-state index >= 15 is 0 Å². The van der Waals surface area contributed by atoms with Gasteiger partial charge >= 0.3 is 0 Å². The second-order valence-corrected chi connectivity index (χ2v) is 7.01. The molecule has 0 radical (unpaired) electrons. The van der Waals surface area contributed by atoms with E-state index in [1.54, 1.807) is 7.11 Å². The van der Waals surface area contributed by atoms with Crippen LogP contribution < -0.4 is 0 Å². The van der Waals surface area contributed by atoms with Crippen LogP contribution in [0.2, 0.25) is 5.02 Å². The van der Waals surface area contributed by atoms with E-state index in [1.165, 1.54) is 5.56 Å². The summed E-state index contributed by atoms with van der Waals surface area (Å²) in [6.07, 6.45) is 5.98. The van der Waals surface area contributed by atoms with Crippen molar-refractivity contribution in [3.05, 3.63) is 34.3 Å². The molecule has 120 valence electrons. The van der Waals surface area contributed by atoms with Gasteiger partial charge in [0.1, 0.15) is 0 Å². The van der Waals surface area contributed by atoms with Gasteiger partial charge in [0.25, 0.3) is 0 Å². The molecule has 4 heteroatoms. The molecule has 1 aromatic carbocycles. The van der Waals surface area contributed by atoms with Crippen LogP contribution in [0.4, 0.5) is 0 Å². The first-order valence-electron chi connectivity index (χ1n) is 8.17. The third-order valence-electron chi connectivity index (χ3n) is 5.16. The van der Waals surface area contributed by atoms with Gasteiger partial charge in [-0.25, -0.2) is 0 Å². The number of benzene rings is 1. The highest BCUT2D eigenvalue weighted by Crippen LogP contribution is 2.37. The number of methoxy groups -OCH3 is 1. The predicted octanol–water partition coefficient (Wildman–Crippen LogP) is 3.75. The number of halogens is 1. The van der Waals surface area contributed by atoms with Crippen LogP contribution >= 0.6 is 11.6 Å². The van der Waals surface area contributed by atoms with E-state index in [-0.39, 0.29) is 0 Å². The van der Waals surface area contributed by atoms with Crippen molar-refractivity contribution < 1.29 is 9.53 Å². The zero-order valence-corrected chi connectivity index (χ0v) is 14.1. The van der Waals surface area contributed by atoms with Crippen LogP contribution in [0, 0.1) is 6.92 Å². The van der Waals surface area contributed by atoms with Crippen molar-refractivity contribution >= 4 is 17.5 Å². The summed E-state index contributed by atoms with van der Waals surface area (Å²) in [5, 5.41) is 0.787. The van der Waals surface area contributed by atoms with Gasteiger partial charge in [-0.15, -0.1) is 0 Å². The van der Waals surface area contributed by atoms with Crippen molar-refractivity contribution in [2.45, 2.75) is 63.6 Å². The molecule has 0 saturated carbocycles. The highest BCUT2D eigenvalue weighted by Gasteiger charge is 2.42. The van der Waals surface area contributed by atoms with Gasteiger partial charge in [0.05, 0.1) is 6.10 Å². The lowest BCUT2D eigenvalue weighted by molar-refractivity contribution is -0.137. The van der Waals surface area contributed by atoms with Crippen LogP contribution in [0.1, 0.15) is 43.2 Å². The molecular weight excluding hydrogens is 298 g/mol. The Kier molecular flexibility index (Phi) is 4.74. The lowest BCUT2D eigenvalue weighted by Crippen LogP contribution is -2.48. The second kappa shape index (κ2) is 6.59. The van der Waals surface area contributed by atoms with Gasteiger partial charge in [0.15, 0.2) is 0 Å². The largest absolute Gasteiger partial charge is 0.381 e. The van der Waals surface area contributed by atoms with Crippen LogP contribution in [-0.4, -0.2) is 36.1 Å². The van der Waals surface area contributed by atoms with Gasteiger partial charge in [0, 0.05) is 30.6 Å². The monoisotopic (exact) mass is 321 g/mol. The van der Waals surface area contributed by atoms with E-state index in [4.69, 9.17) is 16.3 Å². The number of carbonyl (C=O) groups is 1. The van der Waals surface area contributed by atoms with Crippen LogP contribution in [0.3, 0.4) is 0 Å². The average Bonchev–Trinajstić information content (AvgIpc) is 2.78. The average molecular weight is 322 g/mol. The standard InChI is InChI=1S/C18H24ClNO2/c1-12-9-13(3-7-17(12)19)4-8-18(21)20-14-5-6-15(20)11-16(10-14)22-2/h3,7,9,14-16H,4-6,8,10-11H2,1-2H3. The van der Waals surface area contributed by atoms with E-state index in [0.29, 0.717) is 30.5 Å². The summed E-state index contributed by atoms with van der Waals surface area (Å²) in [6.45, 7) is 2.00. The second-order valence-electron chi connectivity index (χ2n) is 6.60. The molecule has 0 aromatic heterocycles. The normalized spacial score (nSPS) is 27.2. The van der Waals surface area contributed by atoms with Crippen molar-refractivity contribution in [2.75, 3.05) is 7.11 Å². The first kappa shape index (κ1) is 15.8. The minimum atomic E-state index is 0.301. The van der Waals surface area contributed by atoms with E-state index in [0.717, 1.165) is 42.7 Å². The zero-order valence-electron chi connectivity index (χ0n) is 13.3. The Hall–Kier alpha value is -1.06. The van der Waals surface area contributed by atoms with Crippen LogP contribution in [-0.2, 0) is 16.0 Å². The maximum Gasteiger partial charge on any atom is 0.223 e. The van der Waals surface area contributed by atoms with Crippen molar-refractivity contribution in [2.24, 2.45) is 0 Å². The van der Waals surface area contributed by atoms with Crippen LogP contribution in [0.5, 0.6) is 0 Å². The molecule has 0 spiro atoms. The first-order chi connectivity index (χ1) is 10.6. The Labute approximate surface area is 137 Å². The highest BCUT2D eigenvalue weighted by atomic mass is 35.5. The van der Waals surface area contributed by atoms with Gasteiger partial charge in [-0.05, 0) is 56.2 Å². The van der Waals surface area contributed by atoms with Gasteiger partial charge in [-0.3, -0.25) is 4.79 Å². The Bertz CT molecular complexity index is 546. The summed E-state index contributed by atoms with van der Waals surface area (Å²) in [6, 6.07) is 6.81. The number of piperidine rings is 1. The molecular formula is C18H24ClNO2. The number of aryl methyl sites for hydroxylation is 2. The SMILES string of the molecule is COC1CC2CCC(C1)N2C(=O)CCc1ccc(Cl)c(C)c1. The third-order valence-corrected chi connectivity index (χ3v) is 5.59. The molecule has 2 atom stereocenters. The molecule has 22 heavy (non-hydrogen) atoms. The van der Waals surface area contributed by atoms with Crippen molar-refractivity contribution in [3.63, 3.8) is 0 Å². The number of hydrogen-bond donors (Lipinski definition) is 0. The summed E-state index contributed by atoms with van der Waals surface area (Å²) in [5.74, 6) is 0.301. The molecule has 2 saturated heterocycles. The van der Waals surface area contributed by atoms with Crippen LogP contribution in [0.25, 0.3) is 0 Å². The third kappa shape index (κ3) is 3.16. The molecule has 2 fully saturated rings. The number of amides is 1. The van der Waals surface area contributed by atoms with Gasteiger partial charge in [-0.1, -0.05) is 23.7 Å². The molecule has 3 rings (SSSR count). The lowest BCUT2D eigenvalue weighted by Gasteiger charge is -2.38. The number of nitrogens with zero attached hydrogens (tertiary/aromatic N) is 1. The van der Waals surface area contributed by atoms with Gasteiger partial charge in [0.2, 0.25) is 5.91 Å². The quantitative estimate of drug-likeness (QED) is 0.845. The maximum atomic E-state index is 12.6. The summed E-state index contributed by atoms with van der Waals surface area (Å²) in [5.41, 5.74) is 2.27. The Morgan fingerprint density at radius 1 is 1.32 bits per heavy atom. The summed E-state index contributed by atoms with van der Waals surface area (Å²) < 4.78 is 5.50. The zero-order chi connectivity index (χ0) is 15.7. The molecule has 2 aliphatic rings. The summed E-state index contributed by atoms with van der Waals surface area (Å²) in [7, 11) is 1.78. The van der Waals surface area contributed by atoms with Crippen LogP contribution in [0.15, 0.2) is 18.2 Å². The predicted molar refractivity (Wildman–Crippen MR) is 88.2 cm³/mol. The fraction of sp³-hybridized carbons (Fsp3) is 0.611. The first-order valence-corrected chi connectivity index (χ1v) is 8.55. The maximum absolute atomic E-state index is 12.6. The molecule has 2 unspecified atom stereocenters. The topological polar surface area (TPSA) is 29.5 Å². The van der Waals surface area contributed by atoms with E-state index in [1.807, 2.05) is 19.1 Å². The lowest BCUT2D eigenvalue weighted by atomic mass is 9.98. The molecule has 2 bridgehead atoms. The molecule has 0 aliphatic carbocycles. The molecule has 0 N–H and O–H groups in total. The minimum Gasteiger partial charge on any atom is -0.381 e. The fourth-order valence-electron chi connectivity index (χ4n) is 3.97. The van der Waals surface area contributed by atoms with Gasteiger partial charge in [-0.2, -0.15) is 0 Å². The van der Waals surface area contributed by atoms with Crippen molar-refractivity contribution in [3.8, 4) is 0 Å². The number of carbonyl (C=O) groups excluding carboxylic acids is 1. The van der Waals surface area contributed by atoms with Crippen molar-refractivity contribution in [1.82, 2.24) is 4.90 Å². The summed E-state index contributed by atoms with van der Waals surface area (Å²) in [4.78, 5) is 14.8. The van der Waals surface area contributed by atoms with E-state index < -0.39 is 0 Å². The van der Waals surface area contributed by atoms with Gasteiger partial charge < -0.3 is 9.64 Å². The molecule has 1 amide bonds. The Morgan fingerprint density at radius 2 is 2.00 bits per heavy atom. The summed E-state index contributed by atoms with van der Waals surface area (Å²) >= 11 is 6.05. The minimum absolute atomic E-state index is 0.301. The number of rotatable bonds is 4.